The molecule has 0 unspecified atom stereocenters. The standard InChI is InChI=1S/C29H56O5Si/c1-14-16-17-18-23(34-35(12,13)27(5,6)7)20-19-21(3)24-28(8,9)25(33-29(10,11)32-24)22(4)26(30)31-15-2/h19,22-25H,14-18,20H2,1-13H3/b21-19+/t22-,23+,24+,25-/m0/s1. The van der Waals surface area contributed by atoms with Crippen molar-refractivity contribution < 1.29 is 23.4 Å². The molecule has 1 saturated heterocycles. The molecule has 1 heterocycles. The highest BCUT2D eigenvalue weighted by Gasteiger charge is 2.52. The molecule has 1 rings (SSSR count). The summed E-state index contributed by atoms with van der Waals surface area (Å²) in [5, 5.41) is 0.182. The summed E-state index contributed by atoms with van der Waals surface area (Å²) in [5.74, 6) is -1.40. The first kappa shape index (κ1) is 32.3. The van der Waals surface area contributed by atoms with E-state index in [1.807, 2.05) is 27.7 Å². The predicted octanol–water partition coefficient (Wildman–Crippen LogP) is 8.04. The highest BCUT2D eigenvalue weighted by molar-refractivity contribution is 6.74. The van der Waals surface area contributed by atoms with Crippen LogP contribution in [0.5, 0.6) is 0 Å². The molecule has 6 heteroatoms. The third-order valence-electron chi connectivity index (χ3n) is 7.85. The zero-order valence-electron chi connectivity index (χ0n) is 25.2. The van der Waals surface area contributed by atoms with Crippen LogP contribution in [0.1, 0.15) is 108 Å². The van der Waals surface area contributed by atoms with Gasteiger partial charge in [0.05, 0.1) is 24.7 Å². The second-order valence-electron chi connectivity index (χ2n) is 13.0. The topological polar surface area (TPSA) is 54.0 Å². The first-order valence-corrected chi connectivity index (χ1v) is 16.7. The Labute approximate surface area is 217 Å². The molecule has 0 N–H and O–H groups in total. The number of hydrogen-bond donors (Lipinski definition) is 0. The number of hydrogen-bond acceptors (Lipinski definition) is 5. The fourth-order valence-electron chi connectivity index (χ4n) is 4.76. The monoisotopic (exact) mass is 512 g/mol. The summed E-state index contributed by atoms with van der Waals surface area (Å²) in [4.78, 5) is 12.6. The Hall–Kier alpha value is -0.693. The van der Waals surface area contributed by atoms with Crippen LogP contribution in [0, 0.1) is 11.3 Å². The van der Waals surface area contributed by atoms with E-state index < -0.39 is 19.5 Å². The van der Waals surface area contributed by atoms with E-state index in [1.165, 1.54) is 24.8 Å². The van der Waals surface area contributed by atoms with Crippen molar-refractivity contribution in [2.45, 2.75) is 150 Å². The van der Waals surface area contributed by atoms with Gasteiger partial charge in [-0.25, -0.2) is 0 Å². The largest absolute Gasteiger partial charge is 0.466 e. The van der Waals surface area contributed by atoms with Crippen molar-refractivity contribution in [1.82, 2.24) is 0 Å². The summed E-state index contributed by atoms with van der Waals surface area (Å²) in [7, 11) is -1.87. The molecule has 0 radical (unpaired) electrons. The minimum Gasteiger partial charge on any atom is -0.466 e. The SMILES string of the molecule is CCCCC[C@H](C/C=C(\C)[C@H]1OC(C)(C)O[C@@H]([C@H](C)C(=O)OCC)C1(C)C)O[Si](C)(C)C(C)(C)C. The van der Waals surface area contributed by atoms with Gasteiger partial charge in [-0.1, -0.05) is 66.9 Å². The lowest BCUT2D eigenvalue weighted by Gasteiger charge is -2.52. The van der Waals surface area contributed by atoms with Gasteiger partial charge in [0, 0.05) is 11.5 Å². The second-order valence-corrected chi connectivity index (χ2v) is 17.7. The summed E-state index contributed by atoms with van der Waals surface area (Å²) in [6.07, 6.45) is 7.62. The van der Waals surface area contributed by atoms with Crippen LogP contribution in [0.3, 0.4) is 0 Å². The Kier molecular flexibility index (Phi) is 11.7. The summed E-state index contributed by atoms with van der Waals surface area (Å²) in [5.41, 5.74) is 0.770. The van der Waals surface area contributed by atoms with E-state index in [1.54, 1.807) is 0 Å². The van der Waals surface area contributed by atoms with Crippen LogP contribution in [0.25, 0.3) is 0 Å². The van der Waals surface area contributed by atoms with Gasteiger partial charge >= 0.3 is 5.97 Å². The van der Waals surface area contributed by atoms with E-state index >= 15 is 0 Å². The Morgan fingerprint density at radius 3 is 2.20 bits per heavy atom. The molecule has 1 fully saturated rings. The van der Waals surface area contributed by atoms with Crippen LogP contribution in [-0.4, -0.2) is 45.0 Å². The van der Waals surface area contributed by atoms with E-state index in [0.29, 0.717) is 6.61 Å². The third kappa shape index (κ3) is 8.98. The Morgan fingerprint density at radius 2 is 1.69 bits per heavy atom. The van der Waals surface area contributed by atoms with E-state index in [9.17, 15) is 4.79 Å². The van der Waals surface area contributed by atoms with E-state index in [2.05, 4.69) is 67.6 Å². The molecule has 0 aromatic rings. The van der Waals surface area contributed by atoms with Gasteiger partial charge in [0.25, 0.3) is 0 Å². The van der Waals surface area contributed by atoms with Crippen LogP contribution in [0.4, 0.5) is 0 Å². The van der Waals surface area contributed by atoms with Gasteiger partial charge in [-0.2, -0.15) is 0 Å². The molecule has 206 valence electrons. The van der Waals surface area contributed by atoms with Crippen molar-refractivity contribution in [2.24, 2.45) is 11.3 Å². The number of rotatable bonds is 12. The Balaban J connectivity index is 3.17. The molecule has 0 aromatic heterocycles. The van der Waals surface area contributed by atoms with Gasteiger partial charge < -0.3 is 18.6 Å². The molecule has 0 spiro atoms. The van der Waals surface area contributed by atoms with Crippen LogP contribution in [0.2, 0.25) is 18.1 Å². The molecule has 0 bridgehead atoms. The quantitative estimate of drug-likeness (QED) is 0.115. The average Bonchev–Trinajstić information content (AvgIpc) is 2.72. The number of ether oxygens (including phenoxy) is 3. The highest BCUT2D eigenvalue weighted by Crippen LogP contribution is 2.46. The van der Waals surface area contributed by atoms with Gasteiger partial charge in [0.1, 0.15) is 0 Å². The molecule has 35 heavy (non-hydrogen) atoms. The van der Waals surface area contributed by atoms with Gasteiger partial charge in [-0.15, -0.1) is 0 Å². The van der Waals surface area contributed by atoms with Crippen molar-refractivity contribution in [2.75, 3.05) is 6.61 Å². The third-order valence-corrected chi connectivity index (χ3v) is 12.4. The summed E-state index contributed by atoms with van der Waals surface area (Å²) in [6, 6.07) is 0. The van der Waals surface area contributed by atoms with Crippen molar-refractivity contribution in [3.8, 4) is 0 Å². The van der Waals surface area contributed by atoms with Gasteiger partial charge in [0.15, 0.2) is 14.1 Å². The number of carbonyl (C=O) groups is 1. The van der Waals surface area contributed by atoms with Crippen LogP contribution in [0.15, 0.2) is 11.6 Å². The van der Waals surface area contributed by atoms with E-state index in [0.717, 1.165) is 12.8 Å². The van der Waals surface area contributed by atoms with Crippen molar-refractivity contribution in [1.29, 1.82) is 0 Å². The molecule has 1 aliphatic rings. The maximum absolute atomic E-state index is 12.6. The number of unbranched alkanes of at least 4 members (excludes halogenated alkanes) is 2. The highest BCUT2D eigenvalue weighted by atomic mass is 28.4. The number of esters is 1. The normalized spacial score (nSPS) is 24.7. The van der Waals surface area contributed by atoms with Crippen molar-refractivity contribution in [3.05, 3.63) is 11.6 Å². The van der Waals surface area contributed by atoms with Crippen LogP contribution < -0.4 is 0 Å². The number of carbonyl (C=O) groups excluding carboxylic acids is 1. The molecule has 4 atom stereocenters. The zero-order valence-corrected chi connectivity index (χ0v) is 26.2. The smallest absolute Gasteiger partial charge is 0.311 e. The molecule has 0 aliphatic carbocycles. The minimum absolute atomic E-state index is 0.169. The van der Waals surface area contributed by atoms with Crippen LogP contribution >= 0.6 is 0 Å². The molecule has 5 nitrogen and oxygen atoms in total. The maximum atomic E-state index is 12.6. The lowest BCUT2D eigenvalue weighted by Crippen LogP contribution is -2.59. The Bertz CT molecular complexity index is 704. The van der Waals surface area contributed by atoms with E-state index in [-0.39, 0.29) is 35.2 Å². The molecular weight excluding hydrogens is 456 g/mol. The molecule has 1 aliphatic heterocycles. The molecule has 0 amide bonds. The molecular formula is C29H56O5Si. The molecule has 0 aromatic carbocycles. The lowest BCUT2D eigenvalue weighted by atomic mass is 9.72. The van der Waals surface area contributed by atoms with E-state index in [4.69, 9.17) is 18.6 Å². The summed E-state index contributed by atoms with van der Waals surface area (Å²) >= 11 is 0. The lowest BCUT2D eigenvalue weighted by molar-refractivity contribution is -0.340. The predicted molar refractivity (Wildman–Crippen MR) is 148 cm³/mol. The second kappa shape index (κ2) is 12.7. The van der Waals surface area contributed by atoms with Gasteiger partial charge in [-0.3, -0.25) is 4.79 Å². The summed E-state index contributed by atoms with van der Waals surface area (Å²) in [6.45, 7) is 28.2. The minimum atomic E-state index is -1.87. The average molecular weight is 513 g/mol. The fourth-order valence-corrected chi connectivity index (χ4v) is 6.16. The van der Waals surface area contributed by atoms with Crippen LogP contribution in [-0.2, 0) is 23.4 Å². The summed E-state index contributed by atoms with van der Waals surface area (Å²) < 4.78 is 25.0. The van der Waals surface area contributed by atoms with Gasteiger partial charge in [-0.05, 0) is 71.2 Å². The zero-order chi connectivity index (χ0) is 27.2. The molecule has 0 saturated carbocycles. The van der Waals surface area contributed by atoms with Gasteiger partial charge in [0.2, 0.25) is 0 Å². The van der Waals surface area contributed by atoms with Crippen molar-refractivity contribution in [3.63, 3.8) is 0 Å². The Morgan fingerprint density at radius 1 is 1.09 bits per heavy atom. The maximum Gasteiger partial charge on any atom is 0.311 e. The van der Waals surface area contributed by atoms with Crippen molar-refractivity contribution >= 4 is 14.3 Å². The fraction of sp³-hybridized carbons (Fsp3) is 0.897. The first-order valence-electron chi connectivity index (χ1n) is 13.8. The first-order chi connectivity index (χ1) is 15.9.